The fourth-order valence-corrected chi connectivity index (χ4v) is 8.96. The average Bonchev–Trinajstić information content (AvgIpc) is 3.87. The maximum atomic E-state index is 6.64. The average molecular weight is 744 g/mol. The van der Waals surface area contributed by atoms with Gasteiger partial charge < -0.3 is 8.83 Å². The van der Waals surface area contributed by atoms with Gasteiger partial charge in [0, 0.05) is 32.7 Å². The molecule has 0 N–H and O–H groups in total. The second-order valence-electron chi connectivity index (χ2n) is 15.0. The third-order valence-electron chi connectivity index (χ3n) is 11.6. The Morgan fingerprint density at radius 1 is 0.414 bits per heavy atom. The van der Waals surface area contributed by atoms with E-state index in [1.165, 1.54) is 27.5 Å². The second-order valence-corrected chi connectivity index (χ2v) is 15.0. The van der Waals surface area contributed by atoms with Crippen molar-refractivity contribution in [3.05, 3.63) is 181 Å². The van der Waals surface area contributed by atoms with Crippen molar-refractivity contribution in [2.24, 2.45) is 0 Å². The van der Waals surface area contributed by atoms with Crippen molar-refractivity contribution in [1.29, 1.82) is 0 Å². The van der Waals surface area contributed by atoms with E-state index in [1.54, 1.807) is 0 Å². The van der Waals surface area contributed by atoms with Crippen LogP contribution < -0.4 is 0 Å². The van der Waals surface area contributed by atoms with Gasteiger partial charge in [-0.15, -0.1) is 0 Å². The Hall–Kier alpha value is -7.63. The minimum atomic E-state index is 0.570. The maximum Gasteiger partial charge on any atom is 0.167 e. The van der Waals surface area contributed by atoms with Gasteiger partial charge in [0.25, 0.3) is 0 Å². The summed E-state index contributed by atoms with van der Waals surface area (Å²) in [4.78, 5) is 15.6. The standard InChI is InChI=1S/C53H33N3O2/c1-2-15-33(16-3-1)51-54-52(56-53(55-51)44-25-13-24-41-40-21-8-10-26-46(40)58-50(41)44)42-29-28-39(37-19-6-7-20-38(37)42)45-30-34(36-23-12-17-32-14-4-5-18-35(32)36)31-48-49(45)43-22-9-11-27-47(43)57-48/h1-5,7-18,20-31H,6,19H2. The highest BCUT2D eigenvalue weighted by molar-refractivity contribution is 6.15. The molecule has 58 heavy (non-hydrogen) atoms. The first-order valence-corrected chi connectivity index (χ1v) is 19.7. The quantitative estimate of drug-likeness (QED) is 0.176. The molecule has 5 heteroatoms. The van der Waals surface area contributed by atoms with E-state index in [0.717, 1.165) is 90.1 Å². The van der Waals surface area contributed by atoms with Crippen molar-refractivity contribution in [2.75, 3.05) is 0 Å². The lowest BCUT2D eigenvalue weighted by Crippen LogP contribution is -2.05. The summed E-state index contributed by atoms with van der Waals surface area (Å²) in [5, 5.41) is 6.75. The molecule has 8 aromatic carbocycles. The topological polar surface area (TPSA) is 65.0 Å². The third-order valence-corrected chi connectivity index (χ3v) is 11.6. The van der Waals surface area contributed by atoms with Gasteiger partial charge in [-0.3, -0.25) is 0 Å². The summed E-state index contributed by atoms with van der Waals surface area (Å²) in [6.07, 6.45) is 6.34. The van der Waals surface area contributed by atoms with Crippen LogP contribution >= 0.6 is 0 Å². The Kier molecular flexibility index (Phi) is 7.29. The number of aromatic nitrogens is 3. The van der Waals surface area contributed by atoms with Crippen LogP contribution in [-0.4, -0.2) is 15.0 Å². The zero-order chi connectivity index (χ0) is 38.2. The Morgan fingerprint density at radius 3 is 1.95 bits per heavy atom. The molecule has 0 amide bonds. The fourth-order valence-electron chi connectivity index (χ4n) is 8.96. The number of nitrogens with zero attached hydrogens (tertiary/aromatic N) is 3. The molecule has 0 atom stereocenters. The van der Waals surface area contributed by atoms with Crippen molar-refractivity contribution in [1.82, 2.24) is 15.0 Å². The van der Waals surface area contributed by atoms with Crippen molar-refractivity contribution in [3.63, 3.8) is 0 Å². The predicted molar refractivity (Wildman–Crippen MR) is 236 cm³/mol. The number of fused-ring (bicyclic) bond motifs is 8. The van der Waals surface area contributed by atoms with Gasteiger partial charge in [-0.05, 0) is 93.4 Å². The summed E-state index contributed by atoms with van der Waals surface area (Å²) >= 11 is 0. The predicted octanol–water partition coefficient (Wildman–Crippen LogP) is 14.1. The lowest BCUT2D eigenvalue weighted by atomic mass is 9.84. The normalized spacial score (nSPS) is 12.6. The van der Waals surface area contributed by atoms with Crippen molar-refractivity contribution in [2.45, 2.75) is 12.8 Å². The summed E-state index contributed by atoms with van der Waals surface area (Å²) < 4.78 is 13.1. The van der Waals surface area contributed by atoms with Crippen LogP contribution in [0.1, 0.15) is 17.5 Å². The van der Waals surface area contributed by atoms with Crippen molar-refractivity contribution in [3.8, 4) is 56.4 Å². The van der Waals surface area contributed by atoms with Gasteiger partial charge in [0.1, 0.15) is 22.3 Å². The number of para-hydroxylation sites is 3. The number of allylic oxidation sites excluding steroid dienone is 1. The van der Waals surface area contributed by atoms with Gasteiger partial charge in [-0.25, -0.2) is 15.0 Å². The molecule has 0 saturated heterocycles. The zero-order valence-electron chi connectivity index (χ0n) is 31.3. The van der Waals surface area contributed by atoms with Crippen LogP contribution in [0.5, 0.6) is 0 Å². The molecule has 0 bridgehead atoms. The SMILES string of the molecule is C1=Cc2c(-c3nc(-c4ccccc4)nc(-c4cccc5c4oc4ccccc45)n3)ccc(-c3cc(-c4cccc5ccccc45)cc4oc5ccccc5c34)c2CC1. The summed E-state index contributed by atoms with van der Waals surface area (Å²) in [5.74, 6) is 1.80. The second kappa shape index (κ2) is 13.0. The highest BCUT2D eigenvalue weighted by Crippen LogP contribution is 2.45. The largest absolute Gasteiger partial charge is 0.456 e. The van der Waals surface area contributed by atoms with Gasteiger partial charge >= 0.3 is 0 Å². The molecule has 0 spiro atoms. The molecule has 0 unspecified atom stereocenters. The van der Waals surface area contributed by atoms with Gasteiger partial charge in [-0.1, -0.05) is 140 Å². The molecule has 3 aromatic heterocycles. The summed E-state index contributed by atoms with van der Waals surface area (Å²) in [6.45, 7) is 0. The molecule has 272 valence electrons. The van der Waals surface area contributed by atoms with Gasteiger partial charge in [0.2, 0.25) is 0 Å². The van der Waals surface area contributed by atoms with Crippen LogP contribution in [0.3, 0.4) is 0 Å². The van der Waals surface area contributed by atoms with Crippen LogP contribution in [-0.2, 0) is 6.42 Å². The number of hydrogen-bond acceptors (Lipinski definition) is 5. The molecule has 0 saturated carbocycles. The maximum absolute atomic E-state index is 6.64. The molecule has 1 aliphatic rings. The molecular formula is C53H33N3O2. The Morgan fingerprint density at radius 2 is 1.07 bits per heavy atom. The molecular weight excluding hydrogens is 711 g/mol. The molecule has 0 radical (unpaired) electrons. The Bertz CT molecular complexity index is 3460. The van der Waals surface area contributed by atoms with Crippen LogP contribution in [0.25, 0.3) is 117 Å². The Balaban J connectivity index is 1.10. The highest BCUT2D eigenvalue weighted by Gasteiger charge is 2.24. The third kappa shape index (κ3) is 5.14. The van der Waals surface area contributed by atoms with E-state index in [4.69, 9.17) is 23.8 Å². The van der Waals surface area contributed by atoms with E-state index in [0.29, 0.717) is 17.5 Å². The number of rotatable bonds is 5. The van der Waals surface area contributed by atoms with Crippen LogP contribution in [0.15, 0.2) is 179 Å². The summed E-state index contributed by atoms with van der Waals surface area (Å²) in [5.41, 5.74) is 13.1. The smallest absolute Gasteiger partial charge is 0.167 e. The van der Waals surface area contributed by atoms with Crippen LogP contribution in [0, 0.1) is 0 Å². The molecule has 1 aliphatic carbocycles. The lowest BCUT2D eigenvalue weighted by molar-refractivity contribution is 0.669. The summed E-state index contributed by atoms with van der Waals surface area (Å²) in [7, 11) is 0. The molecule has 3 heterocycles. The van der Waals surface area contributed by atoms with Crippen molar-refractivity contribution < 1.29 is 8.83 Å². The van der Waals surface area contributed by atoms with Crippen LogP contribution in [0.2, 0.25) is 0 Å². The molecule has 12 rings (SSSR count). The Labute approximate surface area is 333 Å². The van der Waals surface area contributed by atoms with E-state index in [-0.39, 0.29) is 0 Å². The minimum Gasteiger partial charge on any atom is -0.456 e. The van der Waals surface area contributed by atoms with E-state index in [1.807, 2.05) is 60.7 Å². The first kappa shape index (κ1) is 32.6. The minimum absolute atomic E-state index is 0.570. The van der Waals surface area contributed by atoms with E-state index >= 15 is 0 Å². The highest BCUT2D eigenvalue weighted by atomic mass is 16.3. The van der Waals surface area contributed by atoms with E-state index in [9.17, 15) is 0 Å². The van der Waals surface area contributed by atoms with E-state index < -0.39 is 0 Å². The number of furan rings is 2. The number of hydrogen-bond donors (Lipinski definition) is 0. The van der Waals surface area contributed by atoms with Crippen LogP contribution in [0.4, 0.5) is 0 Å². The first-order valence-electron chi connectivity index (χ1n) is 19.7. The molecule has 0 fully saturated rings. The molecule has 11 aromatic rings. The fraction of sp³-hybridized carbons (Fsp3) is 0.0377. The molecule has 0 aliphatic heterocycles. The van der Waals surface area contributed by atoms with Crippen molar-refractivity contribution >= 4 is 60.7 Å². The van der Waals surface area contributed by atoms with Gasteiger partial charge in [-0.2, -0.15) is 0 Å². The lowest BCUT2D eigenvalue weighted by Gasteiger charge is -2.21. The van der Waals surface area contributed by atoms with Gasteiger partial charge in [0.05, 0.1) is 5.56 Å². The van der Waals surface area contributed by atoms with E-state index in [2.05, 4.69) is 115 Å². The van der Waals surface area contributed by atoms with Gasteiger partial charge in [0.15, 0.2) is 17.5 Å². The zero-order valence-corrected chi connectivity index (χ0v) is 31.3. The monoisotopic (exact) mass is 743 g/mol. The summed E-state index contributed by atoms with van der Waals surface area (Å²) in [6, 6.07) is 57.0. The molecule has 5 nitrogen and oxygen atoms in total. The first-order chi connectivity index (χ1) is 28.7. The number of benzene rings is 8.